The Morgan fingerprint density at radius 3 is 2.73 bits per heavy atom. The number of hydrogen-bond acceptors (Lipinski definition) is 4. The van der Waals surface area contributed by atoms with Crippen LogP contribution < -0.4 is 10.1 Å². The highest BCUT2D eigenvalue weighted by atomic mass is 35.5. The highest BCUT2D eigenvalue weighted by Gasteiger charge is 2.24. The SMILES string of the molecule is O=C(CSCc1ccc(Cl)cc1)NC(C(=O)O)c1ccc2c(c1)CCO2. The van der Waals surface area contributed by atoms with E-state index in [4.69, 9.17) is 16.3 Å². The lowest BCUT2D eigenvalue weighted by molar-refractivity contribution is -0.141. The molecule has 2 N–H and O–H groups in total. The van der Waals surface area contributed by atoms with Gasteiger partial charge in [-0.1, -0.05) is 29.8 Å². The summed E-state index contributed by atoms with van der Waals surface area (Å²) < 4.78 is 5.43. The van der Waals surface area contributed by atoms with Gasteiger partial charge in [-0.05, 0) is 41.0 Å². The monoisotopic (exact) mass is 391 g/mol. The molecule has 2 aromatic rings. The lowest BCUT2D eigenvalue weighted by Gasteiger charge is -2.15. The first kappa shape index (κ1) is 18.6. The van der Waals surface area contributed by atoms with E-state index in [1.165, 1.54) is 11.8 Å². The molecule has 0 radical (unpaired) electrons. The number of carboxylic acid groups (broad SMARTS) is 1. The van der Waals surface area contributed by atoms with Gasteiger partial charge >= 0.3 is 5.97 Å². The molecular formula is C19H18ClNO4S. The minimum Gasteiger partial charge on any atom is -0.493 e. The molecule has 5 nitrogen and oxygen atoms in total. The Hall–Kier alpha value is -2.18. The molecule has 1 heterocycles. The number of nitrogens with one attached hydrogen (secondary N) is 1. The number of halogens is 1. The van der Waals surface area contributed by atoms with E-state index >= 15 is 0 Å². The molecule has 1 atom stereocenters. The number of amides is 1. The predicted molar refractivity (Wildman–Crippen MR) is 102 cm³/mol. The van der Waals surface area contributed by atoms with E-state index in [2.05, 4.69) is 5.32 Å². The number of benzene rings is 2. The minimum atomic E-state index is -1.08. The van der Waals surface area contributed by atoms with Crippen molar-refractivity contribution in [2.75, 3.05) is 12.4 Å². The van der Waals surface area contributed by atoms with Gasteiger partial charge in [0.1, 0.15) is 5.75 Å². The summed E-state index contributed by atoms with van der Waals surface area (Å²) in [4.78, 5) is 23.8. The van der Waals surface area contributed by atoms with Crippen LogP contribution in [0.3, 0.4) is 0 Å². The number of thioether (sulfide) groups is 1. The maximum Gasteiger partial charge on any atom is 0.330 e. The fourth-order valence-electron chi connectivity index (χ4n) is 2.72. The van der Waals surface area contributed by atoms with Crippen molar-refractivity contribution in [2.45, 2.75) is 18.2 Å². The zero-order valence-corrected chi connectivity index (χ0v) is 15.5. The molecule has 26 heavy (non-hydrogen) atoms. The van der Waals surface area contributed by atoms with Crippen LogP contribution >= 0.6 is 23.4 Å². The third-order valence-corrected chi connectivity index (χ3v) is 5.27. The average Bonchev–Trinajstić information content (AvgIpc) is 3.09. The van der Waals surface area contributed by atoms with Crippen molar-refractivity contribution in [1.82, 2.24) is 5.32 Å². The molecule has 1 unspecified atom stereocenters. The topological polar surface area (TPSA) is 75.6 Å². The second kappa shape index (κ2) is 8.47. The molecule has 136 valence electrons. The summed E-state index contributed by atoms with van der Waals surface area (Å²) in [6.45, 7) is 0.601. The van der Waals surface area contributed by atoms with E-state index in [1.807, 2.05) is 12.1 Å². The number of ether oxygens (including phenoxy) is 1. The summed E-state index contributed by atoms with van der Waals surface area (Å²) in [7, 11) is 0. The Morgan fingerprint density at radius 2 is 2.00 bits per heavy atom. The molecule has 1 aliphatic heterocycles. The lowest BCUT2D eigenvalue weighted by atomic mass is 10.0. The molecule has 1 amide bonds. The smallest absolute Gasteiger partial charge is 0.330 e. The second-order valence-electron chi connectivity index (χ2n) is 5.92. The number of aliphatic carboxylic acids is 1. The van der Waals surface area contributed by atoms with Crippen LogP contribution in [-0.2, 0) is 21.8 Å². The fraction of sp³-hybridized carbons (Fsp3) is 0.263. The molecule has 1 aliphatic rings. The van der Waals surface area contributed by atoms with E-state index in [1.54, 1.807) is 30.3 Å². The highest BCUT2D eigenvalue weighted by Crippen LogP contribution is 2.28. The summed E-state index contributed by atoms with van der Waals surface area (Å²) in [5.74, 6) is 0.217. The summed E-state index contributed by atoms with van der Waals surface area (Å²) in [6, 6.07) is 11.6. The molecule has 0 saturated heterocycles. The molecule has 0 spiro atoms. The van der Waals surface area contributed by atoms with E-state index in [-0.39, 0.29) is 11.7 Å². The quantitative estimate of drug-likeness (QED) is 0.756. The number of rotatable bonds is 7. The van der Waals surface area contributed by atoms with Crippen molar-refractivity contribution < 1.29 is 19.4 Å². The third kappa shape index (κ3) is 4.71. The van der Waals surface area contributed by atoms with Crippen molar-refractivity contribution >= 4 is 35.2 Å². The van der Waals surface area contributed by atoms with E-state index in [9.17, 15) is 14.7 Å². The number of hydrogen-bond donors (Lipinski definition) is 2. The molecule has 0 fully saturated rings. The number of carbonyl (C=O) groups excluding carboxylic acids is 1. The van der Waals surface area contributed by atoms with Crippen molar-refractivity contribution in [3.8, 4) is 5.75 Å². The number of carbonyl (C=O) groups is 2. The minimum absolute atomic E-state index is 0.181. The first-order chi connectivity index (χ1) is 12.5. The van der Waals surface area contributed by atoms with Crippen LogP contribution in [0.1, 0.15) is 22.7 Å². The van der Waals surface area contributed by atoms with Crippen LogP contribution in [-0.4, -0.2) is 29.3 Å². The van der Waals surface area contributed by atoms with Crippen molar-refractivity contribution in [1.29, 1.82) is 0 Å². The molecule has 0 aromatic heterocycles. The van der Waals surface area contributed by atoms with Gasteiger partial charge in [0.05, 0.1) is 12.4 Å². The molecule has 7 heteroatoms. The lowest BCUT2D eigenvalue weighted by Crippen LogP contribution is -2.34. The Morgan fingerprint density at radius 1 is 1.23 bits per heavy atom. The first-order valence-corrected chi connectivity index (χ1v) is 9.66. The molecule has 2 aromatic carbocycles. The van der Waals surface area contributed by atoms with Crippen LogP contribution in [0.15, 0.2) is 42.5 Å². The number of fused-ring (bicyclic) bond motifs is 1. The van der Waals surface area contributed by atoms with E-state index < -0.39 is 12.0 Å². The van der Waals surface area contributed by atoms with Crippen LogP contribution in [0.2, 0.25) is 5.02 Å². The third-order valence-electron chi connectivity index (χ3n) is 4.01. The fourth-order valence-corrected chi connectivity index (χ4v) is 3.64. The van der Waals surface area contributed by atoms with Crippen LogP contribution in [0, 0.1) is 0 Å². The molecule has 3 rings (SSSR count). The van der Waals surface area contributed by atoms with Gasteiger partial charge in [0, 0.05) is 17.2 Å². The molecule has 0 aliphatic carbocycles. The van der Waals surface area contributed by atoms with Gasteiger partial charge in [0.15, 0.2) is 6.04 Å². The first-order valence-electron chi connectivity index (χ1n) is 8.13. The van der Waals surface area contributed by atoms with Gasteiger partial charge in [0.2, 0.25) is 5.91 Å². The van der Waals surface area contributed by atoms with Gasteiger partial charge in [-0.15, -0.1) is 11.8 Å². The molecular weight excluding hydrogens is 374 g/mol. The predicted octanol–water partition coefficient (Wildman–Crippen LogP) is 3.45. The Bertz CT molecular complexity index is 810. The maximum absolute atomic E-state index is 12.2. The van der Waals surface area contributed by atoms with Crippen molar-refractivity contribution in [3.05, 3.63) is 64.2 Å². The number of carboxylic acids is 1. The zero-order chi connectivity index (χ0) is 18.5. The Kier molecular flexibility index (Phi) is 6.06. The standard InChI is InChI=1S/C19H18ClNO4S/c20-15-4-1-12(2-5-15)10-26-11-17(22)21-18(19(23)24)14-3-6-16-13(9-14)7-8-25-16/h1-6,9,18H,7-8,10-11H2,(H,21,22)(H,23,24). The largest absolute Gasteiger partial charge is 0.493 e. The highest BCUT2D eigenvalue weighted by molar-refractivity contribution is 7.99. The van der Waals surface area contributed by atoms with Gasteiger partial charge in [0.25, 0.3) is 0 Å². The summed E-state index contributed by atoms with van der Waals surface area (Å²) in [6.07, 6.45) is 0.750. The summed E-state index contributed by atoms with van der Waals surface area (Å²) >= 11 is 7.26. The van der Waals surface area contributed by atoms with Crippen LogP contribution in [0.4, 0.5) is 0 Å². The normalized spacial score (nSPS) is 13.6. The molecule has 0 bridgehead atoms. The van der Waals surface area contributed by atoms with Gasteiger partial charge in [-0.2, -0.15) is 0 Å². The van der Waals surface area contributed by atoms with Crippen molar-refractivity contribution in [2.24, 2.45) is 0 Å². The Balaban J connectivity index is 1.56. The Labute approximate surface area is 160 Å². The van der Waals surface area contributed by atoms with Crippen molar-refractivity contribution in [3.63, 3.8) is 0 Å². The zero-order valence-electron chi connectivity index (χ0n) is 13.9. The van der Waals surface area contributed by atoms with Gasteiger partial charge in [-0.3, -0.25) is 4.79 Å². The van der Waals surface area contributed by atoms with E-state index in [0.29, 0.717) is 22.9 Å². The van der Waals surface area contributed by atoms with Gasteiger partial charge in [-0.25, -0.2) is 4.79 Å². The molecule has 0 saturated carbocycles. The average molecular weight is 392 g/mol. The van der Waals surface area contributed by atoms with Gasteiger partial charge < -0.3 is 15.2 Å². The summed E-state index contributed by atoms with van der Waals surface area (Å²) in [5, 5.41) is 12.8. The van der Waals surface area contributed by atoms with E-state index in [0.717, 1.165) is 23.3 Å². The summed E-state index contributed by atoms with van der Waals surface area (Å²) in [5.41, 5.74) is 2.58. The second-order valence-corrected chi connectivity index (χ2v) is 7.35. The van der Waals surface area contributed by atoms with Crippen LogP contribution in [0.25, 0.3) is 0 Å². The maximum atomic E-state index is 12.2. The van der Waals surface area contributed by atoms with Crippen LogP contribution in [0.5, 0.6) is 5.75 Å².